The summed E-state index contributed by atoms with van der Waals surface area (Å²) in [5.41, 5.74) is 1.34. The molecule has 3 heterocycles. The molecule has 2 aliphatic heterocycles. The Kier molecular flexibility index (Phi) is 5.87. The number of hydrogen-bond acceptors (Lipinski definition) is 5. The number of alkyl halides is 3. The predicted molar refractivity (Wildman–Crippen MR) is 129 cm³/mol. The van der Waals surface area contributed by atoms with Crippen LogP contribution in [0, 0.1) is 0 Å². The first-order chi connectivity index (χ1) is 16.6. The van der Waals surface area contributed by atoms with Crippen molar-refractivity contribution in [1.29, 1.82) is 0 Å². The average Bonchev–Trinajstić information content (AvgIpc) is 2.97. The smallest absolute Gasteiger partial charge is 0.408 e. The van der Waals surface area contributed by atoms with Gasteiger partial charge in [0.15, 0.2) is 11.4 Å². The van der Waals surface area contributed by atoms with Crippen molar-refractivity contribution >= 4 is 33.6 Å². The number of amides is 1. The maximum Gasteiger partial charge on any atom is 0.408 e. The van der Waals surface area contributed by atoms with Crippen LogP contribution in [0.4, 0.5) is 13.2 Å². The van der Waals surface area contributed by atoms with Crippen molar-refractivity contribution in [2.24, 2.45) is 0 Å². The third-order valence-corrected chi connectivity index (χ3v) is 7.96. The number of pyridine rings is 1. The fraction of sp³-hybridized carbons (Fsp3) is 0.250. The molecule has 0 unspecified atom stereocenters. The average molecular weight is 566 g/mol. The highest BCUT2D eigenvalue weighted by atomic mass is 79.9. The van der Waals surface area contributed by atoms with E-state index >= 15 is 0 Å². The summed E-state index contributed by atoms with van der Waals surface area (Å²) >= 11 is 5.11. The minimum absolute atomic E-state index is 0.409. The molecule has 1 amide bonds. The fourth-order valence-corrected chi connectivity index (χ4v) is 5.97. The van der Waals surface area contributed by atoms with Crippen molar-refractivity contribution < 1.29 is 23.1 Å². The van der Waals surface area contributed by atoms with Crippen LogP contribution in [0.5, 0.6) is 5.75 Å². The molecule has 1 N–H and O–H groups in total. The SMILES string of the molecule is C[C@@H](N1CN([C@@H]2c3ccc(Br)cc3CSc3ccccc32)n2ccc(=O)c(O)c2C1=O)C(F)(F)F. The Balaban J connectivity index is 1.78. The van der Waals surface area contributed by atoms with E-state index in [1.807, 2.05) is 42.5 Å². The van der Waals surface area contributed by atoms with Crippen LogP contribution >= 0.6 is 27.7 Å². The van der Waals surface area contributed by atoms with Gasteiger partial charge in [-0.2, -0.15) is 13.2 Å². The summed E-state index contributed by atoms with van der Waals surface area (Å²) in [6.45, 7) is 0.486. The van der Waals surface area contributed by atoms with Gasteiger partial charge in [0.05, 0.1) is 6.04 Å². The van der Waals surface area contributed by atoms with E-state index in [4.69, 9.17) is 0 Å². The first-order valence-electron chi connectivity index (χ1n) is 10.7. The number of carbonyl (C=O) groups excluding carboxylic acids is 1. The van der Waals surface area contributed by atoms with Gasteiger partial charge in [-0.1, -0.05) is 40.2 Å². The zero-order chi connectivity index (χ0) is 25.1. The van der Waals surface area contributed by atoms with Gasteiger partial charge in [0.2, 0.25) is 5.43 Å². The van der Waals surface area contributed by atoms with Crippen LogP contribution in [0.1, 0.15) is 40.1 Å². The molecule has 2 atom stereocenters. The third-order valence-electron chi connectivity index (χ3n) is 6.33. The third kappa shape index (κ3) is 4.00. The van der Waals surface area contributed by atoms with E-state index < -0.39 is 47.7 Å². The minimum Gasteiger partial charge on any atom is -0.502 e. The molecule has 35 heavy (non-hydrogen) atoms. The molecule has 0 saturated heterocycles. The number of rotatable bonds is 2. The van der Waals surface area contributed by atoms with E-state index in [1.54, 1.807) is 16.8 Å². The number of halogens is 4. The Morgan fingerprint density at radius 2 is 1.86 bits per heavy atom. The number of nitrogens with zero attached hydrogens (tertiary/aromatic N) is 3. The highest BCUT2D eigenvalue weighted by Gasteiger charge is 2.47. The van der Waals surface area contributed by atoms with Gasteiger partial charge in [-0.25, -0.2) is 0 Å². The van der Waals surface area contributed by atoms with Gasteiger partial charge >= 0.3 is 6.18 Å². The molecule has 182 valence electrons. The normalized spacial score (nSPS) is 18.4. The number of hydrogen-bond donors (Lipinski definition) is 1. The van der Waals surface area contributed by atoms with Crippen molar-refractivity contribution in [3.8, 4) is 5.75 Å². The summed E-state index contributed by atoms with van der Waals surface area (Å²) in [5.74, 6) is -1.30. The molecule has 3 aromatic rings. The molecule has 6 nitrogen and oxygen atoms in total. The van der Waals surface area contributed by atoms with Crippen molar-refractivity contribution in [1.82, 2.24) is 9.58 Å². The van der Waals surface area contributed by atoms with Gasteiger partial charge in [-0.3, -0.25) is 19.3 Å². The molecule has 2 aliphatic rings. The highest BCUT2D eigenvalue weighted by molar-refractivity contribution is 9.10. The summed E-state index contributed by atoms with van der Waals surface area (Å²) in [6, 6.07) is 11.7. The summed E-state index contributed by atoms with van der Waals surface area (Å²) in [7, 11) is 0. The number of benzene rings is 2. The molecular formula is C24H19BrF3N3O3S. The molecule has 2 aromatic carbocycles. The van der Waals surface area contributed by atoms with Gasteiger partial charge in [0.25, 0.3) is 5.91 Å². The lowest BCUT2D eigenvalue weighted by Crippen LogP contribution is -2.60. The highest BCUT2D eigenvalue weighted by Crippen LogP contribution is 2.44. The molecule has 5 rings (SSSR count). The van der Waals surface area contributed by atoms with Crippen LogP contribution in [0.2, 0.25) is 0 Å². The summed E-state index contributed by atoms with van der Waals surface area (Å²) in [6.07, 6.45) is -3.38. The lowest BCUT2D eigenvalue weighted by molar-refractivity contribution is -0.173. The Hall–Kier alpha value is -2.92. The standard InChI is InChI=1S/C24H19BrF3N3O3S/c1-13(24(26,27)28)29-12-31(30-9-8-18(32)22(33)21(30)23(29)34)20-16-7-6-15(25)10-14(16)11-35-19-5-3-2-4-17(19)20/h2-10,13,20,33H,11-12H2,1H3/t13-,20-/m1/s1. The van der Waals surface area contributed by atoms with Crippen molar-refractivity contribution in [2.45, 2.75) is 35.8 Å². The fourth-order valence-electron chi connectivity index (χ4n) is 4.48. The number of fused-ring (bicyclic) bond motifs is 3. The molecule has 1 aromatic heterocycles. The van der Waals surface area contributed by atoms with Gasteiger partial charge in [0.1, 0.15) is 12.7 Å². The first kappa shape index (κ1) is 23.8. The van der Waals surface area contributed by atoms with Gasteiger partial charge in [0, 0.05) is 27.4 Å². The van der Waals surface area contributed by atoms with Crippen LogP contribution in [0.15, 0.2) is 68.9 Å². The maximum absolute atomic E-state index is 13.8. The summed E-state index contributed by atoms with van der Waals surface area (Å²) in [4.78, 5) is 27.0. The quantitative estimate of drug-likeness (QED) is 0.473. The zero-order valence-electron chi connectivity index (χ0n) is 18.3. The first-order valence-corrected chi connectivity index (χ1v) is 12.4. The van der Waals surface area contributed by atoms with Gasteiger partial charge in [-0.15, -0.1) is 11.8 Å². The Bertz CT molecular complexity index is 1390. The Morgan fingerprint density at radius 3 is 2.60 bits per heavy atom. The van der Waals surface area contributed by atoms with Crippen molar-refractivity contribution in [3.63, 3.8) is 0 Å². The largest absolute Gasteiger partial charge is 0.502 e. The second-order valence-electron chi connectivity index (χ2n) is 8.37. The monoisotopic (exact) mass is 565 g/mol. The number of aromatic hydroxyl groups is 1. The maximum atomic E-state index is 13.8. The van der Waals surface area contributed by atoms with Crippen LogP contribution < -0.4 is 10.4 Å². The molecule has 0 bridgehead atoms. The second kappa shape index (κ2) is 8.63. The number of carbonyl (C=O) groups is 1. The van der Waals surface area contributed by atoms with Crippen molar-refractivity contribution in [3.05, 3.63) is 91.8 Å². The topological polar surface area (TPSA) is 65.8 Å². The number of aromatic nitrogens is 1. The van der Waals surface area contributed by atoms with Gasteiger partial charge in [-0.05, 0) is 41.8 Å². The van der Waals surface area contributed by atoms with E-state index in [0.717, 1.165) is 39.0 Å². The van der Waals surface area contributed by atoms with E-state index in [-0.39, 0.29) is 0 Å². The van der Waals surface area contributed by atoms with Crippen LogP contribution in [0.25, 0.3) is 0 Å². The Labute approximate surface area is 211 Å². The summed E-state index contributed by atoms with van der Waals surface area (Å²) < 4.78 is 43.5. The summed E-state index contributed by atoms with van der Waals surface area (Å²) in [5, 5.41) is 12.1. The molecule has 0 aliphatic carbocycles. The minimum atomic E-state index is -4.70. The molecule has 11 heteroatoms. The van der Waals surface area contributed by atoms with E-state index in [9.17, 15) is 27.9 Å². The molecule has 0 radical (unpaired) electrons. The van der Waals surface area contributed by atoms with Crippen LogP contribution in [0.3, 0.4) is 0 Å². The molecule has 0 spiro atoms. The second-order valence-corrected chi connectivity index (χ2v) is 10.3. The van der Waals surface area contributed by atoms with Crippen LogP contribution in [-0.4, -0.2) is 39.5 Å². The lowest BCUT2D eigenvalue weighted by Gasteiger charge is -2.46. The Morgan fingerprint density at radius 1 is 1.11 bits per heavy atom. The molecule has 0 saturated carbocycles. The van der Waals surface area contributed by atoms with E-state index in [2.05, 4.69) is 15.9 Å². The molecular weight excluding hydrogens is 547 g/mol. The van der Waals surface area contributed by atoms with E-state index in [0.29, 0.717) is 10.7 Å². The van der Waals surface area contributed by atoms with E-state index in [1.165, 1.54) is 10.9 Å². The predicted octanol–water partition coefficient (Wildman–Crippen LogP) is 5.01. The molecule has 0 fully saturated rings. The van der Waals surface area contributed by atoms with Gasteiger partial charge < -0.3 is 10.0 Å². The van der Waals surface area contributed by atoms with Crippen molar-refractivity contribution in [2.75, 3.05) is 11.7 Å². The van der Waals surface area contributed by atoms with Crippen LogP contribution in [-0.2, 0) is 5.75 Å². The number of thioether (sulfide) groups is 1. The zero-order valence-corrected chi connectivity index (χ0v) is 20.7. The lowest BCUT2D eigenvalue weighted by atomic mass is 9.94.